The van der Waals surface area contributed by atoms with Gasteiger partial charge in [-0.1, -0.05) is 6.07 Å². The number of carbonyl (C=O) groups excluding carboxylic acids is 1. The molecule has 0 saturated heterocycles. The highest BCUT2D eigenvalue weighted by Gasteiger charge is 2.13. The molecule has 3 aromatic heterocycles. The Labute approximate surface area is 165 Å². The van der Waals surface area contributed by atoms with Crippen molar-refractivity contribution in [1.29, 1.82) is 0 Å². The smallest absolute Gasteiger partial charge is 0.262 e. The van der Waals surface area contributed by atoms with Crippen LogP contribution in [-0.2, 0) is 11.3 Å². The van der Waals surface area contributed by atoms with E-state index in [1.54, 1.807) is 6.20 Å². The third-order valence-corrected chi connectivity index (χ3v) is 6.10. The number of carbonyl (C=O) groups is 1. The highest BCUT2D eigenvalue weighted by molar-refractivity contribution is 7.18. The van der Waals surface area contributed by atoms with Crippen molar-refractivity contribution >= 4 is 44.1 Å². The van der Waals surface area contributed by atoms with E-state index in [-0.39, 0.29) is 24.4 Å². The molecule has 0 aliphatic rings. The molecule has 0 fully saturated rings. The molecule has 0 aliphatic carbocycles. The molecule has 0 radical (unpaired) electrons. The third-order valence-electron chi connectivity index (χ3n) is 4.98. The summed E-state index contributed by atoms with van der Waals surface area (Å²) in [5.74, 6) is -0.153. The molecule has 0 aliphatic heterocycles. The fourth-order valence-electron chi connectivity index (χ4n) is 3.29. The van der Waals surface area contributed by atoms with E-state index in [1.165, 1.54) is 22.2 Å². The van der Waals surface area contributed by atoms with Crippen molar-refractivity contribution in [2.75, 3.05) is 5.32 Å². The highest BCUT2D eigenvalue weighted by Crippen LogP contribution is 2.26. The van der Waals surface area contributed by atoms with Crippen LogP contribution in [0, 0.1) is 20.8 Å². The predicted octanol–water partition coefficient (Wildman–Crippen LogP) is 3.96. The van der Waals surface area contributed by atoms with Crippen LogP contribution in [0.1, 0.15) is 22.4 Å². The second-order valence-corrected chi connectivity index (χ2v) is 8.04. The first-order chi connectivity index (χ1) is 13.5. The standard InChI is InChI=1S/C21H20N4O2S/c1-12-6-7-16(15-5-4-9-22-19(12)15)24-17(26)8-10-25-11-23-20-18(21(25)27)13(2)14(3)28-20/h4-7,9,11H,8,10H2,1-3H3,(H,24,26). The molecule has 0 unspecified atom stereocenters. The molecule has 4 rings (SSSR count). The molecule has 3 heterocycles. The van der Waals surface area contributed by atoms with Gasteiger partial charge in [0.25, 0.3) is 5.56 Å². The van der Waals surface area contributed by atoms with Crippen LogP contribution in [0.2, 0.25) is 0 Å². The summed E-state index contributed by atoms with van der Waals surface area (Å²) < 4.78 is 1.51. The lowest BCUT2D eigenvalue weighted by Crippen LogP contribution is -2.23. The molecule has 6 nitrogen and oxygen atoms in total. The van der Waals surface area contributed by atoms with Gasteiger partial charge in [-0.05, 0) is 50.1 Å². The Balaban J connectivity index is 1.54. The number of thiophene rings is 1. The Morgan fingerprint density at radius 3 is 2.82 bits per heavy atom. The Morgan fingerprint density at radius 2 is 2.00 bits per heavy atom. The number of nitrogens with zero attached hydrogens (tertiary/aromatic N) is 3. The lowest BCUT2D eigenvalue weighted by atomic mass is 10.1. The number of fused-ring (bicyclic) bond motifs is 2. The molecule has 142 valence electrons. The predicted molar refractivity (Wildman–Crippen MR) is 113 cm³/mol. The third kappa shape index (κ3) is 3.18. The molecule has 0 atom stereocenters. The topological polar surface area (TPSA) is 76.9 Å². The van der Waals surface area contributed by atoms with Gasteiger partial charge in [0, 0.05) is 29.4 Å². The summed E-state index contributed by atoms with van der Waals surface area (Å²) in [4.78, 5) is 35.8. The van der Waals surface area contributed by atoms with Gasteiger partial charge >= 0.3 is 0 Å². The number of amides is 1. The maximum absolute atomic E-state index is 12.7. The largest absolute Gasteiger partial charge is 0.325 e. The summed E-state index contributed by atoms with van der Waals surface area (Å²) in [6.07, 6.45) is 3.45. The van der Waals surface area contributed by atoms with Gasteiger partial charge in [0.15, 0.2) is 0 Å². The van der Waals surface area contributed by atoms with Crippen molar-refractivity contribution in [2.24, 2.45) is 0 Å². The quantitative estimate of drug-likeness (QED) is 0.570. The first-order valence-electron chi connectivity index (χ1n) is 9.05. The Kier molecular flexibility index (Phi) is 4.68. The van der Waals surface area contributed by atoms with E-state index in [2.05, 4.69) is 15.3 Å². The summed E-state index contributed by atoms with van der Waals surface area (Å²) in [6, 6.07) is 7.61. The number of hydrogen-bond acceptors (Lipinski definition) is 5. The average Bonchev–Trinajstić information content (AvgIpc) is 2.98. The van der Waals surface area contributed by atoms with Crippen molar-refractivity contribution < 1.29 is 4.79 Å². The molecule has 1 amide bonds. The monoisotopic (exact) mass is 392 g/mol. The Bertz CT molecular complexity index is 1270. The fourth-order valence-corrected chi connectivity index (χ4v) is 4.27. The van der Waals surface area contributed by atoms with Crippen LogP contribution in [-0.4, -0.2) is 20.4 Å². The maximum atomic E-state index is 12.7. The van der Waals surface area contributed by atoms with Gasteiger partial charge in [-0.2, -0.15) is 0 Å². The van der Waals surface area contributed by atoms with Crippen LogP contribution in [0.5, 0.6) is 0 Å². The van der Waals surface area contributed by atoms with Crippen molar-refractivity contribution in [3.63, 3.8) is 0 Å². The van der Waals surface area contributed by atoms with E-state index in [0.717, 1.165) is 37.4 Å². The van der Waals surface area contributed by atoms with E-state index in [4.69, 9.17) is 0 Å². The summed E-state index contributed by atoms with van der Waals surface area (Å²) in [5.41, 5.74) is 3.53. The minimum Gasteiger partial charge on any atom is -0.325 e. The van der Waals surface area contributed by atoms with E-state index in [1.807, 2.05) is 45.0 Å². The zero-order chi connectivity index (χ0) is 19.8. The first kappa shape index (κ1) is 18.3. The van der Waals surface area contributed by atoms with Gasteiger partial charge in [0.1, 0.15) is 4.83 Å². The zero-order valence-electron chi connectivity index (χ0n) is 15.9. The summed E-state index contributed by atoms with van der Waals surface area (Å²) >= 11 is 1.52. The minimum absolute atomic E-state index is 0.0929. The van der Waals surface area contributed by atoms with Crippen LogP contribution in [0.25, 0.3) is 21.1 Å². The number of anilines is 1. The van der Waals surface area contributed by atoms with Crippen LogP contribution < -0.4 is 10.9 Å². The zero-order valence-corrected chi connectivity index (χ0v) is 16.8. The Hall–Kier alpha value is -3.06. The number of benzene rings is 1. The molecule has 28 heavy (non-hydrogen) atoms. The number of aromatic nitrogens is 3. The average molecular weight is 392 g/mol. The van der Waals surface area contributed by atoms with Crippen molar-refractivity contribution in [1.82, 2.24) is 14.5 Å². The van der Waals surface area contributed by atoms with Gasteiger partial charge in [-0.15, -0.1) is 11.3 Å². The second kappa shape index (κ2) is 7.16. The van der Waals surface area contributed by atoms with Crippen LogP contribution in [0.4, 0.5) is 5.69 Å². The minimum atomic E-state index is -0.153. The summed E-state index contributed by atoms with van der Waals surface area (Å²) in [7, 11) is 0. The van der Waals surface area contributed by atoms with Crippen LogP contribution in [0.15, 0.2) is 41.6 Å². The van der Waals surface area contributed by atoms with E-state index >= 15 is 0 Å². The molecular formula is C21H20N4O2S. The van der Waals surface area contributed by atoms with Gasteiger partial charge in [-0.3, -0.25) is 19.1 Å². The van der Waals surface area contributed by atoms with Crippen molar-refractivity contribution in [2.45, 2.75) is 33.7 Å². The lowest BCUT2D eigenvalue weighted by Gasteiger charge is -2.10. The molecule has 0 spiro atoms. The number of hydrogen-bond donors (Lipinski definition) is 1. The maximum Gasteiger partial charge on any atom is 0.262 e. The molecule has 1 aromatic carbocycles. The molecular weight excluding hydrogens is 372 g/mol. The summed E-state index contributed by atoms with van der Waals surface area (Å²) in [5, 5.41) is 4.50. The lowest BCUT2D eigenvalue weighted by molar-refractivity contribution is -0.116. The van der Waals surface area contributed by atoms with Gasteiger partial charge in [0.2, 0.25) is 5.91 Å². The normalized spacial score (nSPS) is 11.2. The number of nitrogens with one attached hydrogen (secondary N) is 1. The molecule has 0 bridgehead atoms. The van der Waals surface area contributed by atoms with Gasteiger partial charge in [0.05, 0.1) is 22.9 Å². The SMILES string of the molecule is Cc1sc2ncn(CCC(=O)Nc3ccc(C)c4ncccc34)c(=O)c2c1C. The second-order valence-electron chi connectivity index (χ2n) is 6.83. The fraction of sp³-hybridized carbons (Fsp3) is 0.238. The molecule has 0 saturated carbocycles. The van der Waals surface area contributed by atoms with Crippen LogP contribution in [0.3, 0.4) is 0 Å². The number of aryl methyl sites for hydroxylation is 4. The molecule has 1 N–H and O–H groups in total. The van der Waals surface area contributed by atoms with Crippen molar-refractivity contribution in [3.8, 4) is 0 Å². The molecule has 4 aromatic rings. The van der Waals surface area contributed by atoms with E-state index < -0.39 is 0 Å². The Morgan fingerprint density at radius 1 is 1.18 bits per heavy atom. The molecule has 7 heteroatoms. The number of pyridine rings is 1. The summed E-state index contributed by atoms with van der Waals surface area (Å²) in [6.45, 7) is 6.19. The van der Waals surface area contributed by atoms with Crippen LogP contribution >= 0.6 is 11.3 Å². The van der Waals surface area contributed by atoms with Crippen molar-refractivity contribution in [3.05, 3.63) is 63.1 Å². The first-order valence-corrected chi connectivity index (χ1v) is 9.86. The van der Waals surface area contributed by atoms with Gasteiger partial charge in [-0.25, -0.2) is 4.98 Å². The van der Waals surface area contributed by atoms with E-state index in [0.29, 0.717) is 5.39 Å². The number of rotatable bonds is 4. The van der Waals surface area contributed by atoms with Gasteiger partial charge < -0.3 is 5.32 Å². The van der Waals surface area contributed by atoms with E-state index in [9.17, 15) is 9.59 Å². The highest BCUT2D eigenvalue weighted by atomic mass is 32.1.